The van der Waals surface area contributed by atoms with Gasteiger partial charge in [0, 0.05) is 19.3 Å². The van der Waals surface area contributed by atoms with Crippen molar-refractivity contribution in [3.63, 3.8) is 0 Å². The number of nitrogen functional groups attached to an aromatic ring is 1. The van der Waals surface area contributed by atoms with Crippen molar-refractivity contribution in [2.24, 2.45) is 0 Å². The molecule has 1 saturated heterocycles. The molecule has 0 bridgehead atoms. The molecule has 3 rings (SSSR count). The highest BCUT2D eigenvalue weighted by Crippen LogP contribution is 2.30. The van der Waals surface area contributed by atoms with Gasteiger partial charge in [0.2, 0.25) is 15.8 Å². The number of hydrogen-bond donors (Lipinski definition) is 1. The fourth-order valence-corrected chi connectivity index (χ4v) is 3.82. The fraction of sp³-hybridized carbons (Fsp3) is 0.400. The highest BCUT2D eigenvalue weighted by Gasteiger charge is 2.32. The molecule has 140 valence electrons. The molecule has 0 amide bonds. The summed E-state index contributed by atoms with van der Waals surface area (Å²) in [7, 11) is -4.23. The molecule has 0 saturated carbocycles. The van der Waals surface area contributed by atoms with Gasteiger partial charge in [-0.15, -0.1) is 0 Å². The van der Waals surface area contributed by atoms with Crippen LogP contribution in [0.5, 0.6) is 0 Å². The highest BCUT2D eigenvalue weighted by atomic mass is 32.2. The van der Waals surface area contributed by atoms with Crippen LogP contribution in [0.4, 0.5) is 24.9 Å². The Bertz CT molecular complexity index is 894. The Morgan fingerprint density at radius 2 is 1.73 bits per heavy atom. The Morgan fingerprint density at radius 3 is 2.27 bits per heavy atom. The second-order valence-electron chi connectivity index (χ2n) is 5.85. The molecular weight excluding hydrogens is 371 g/mol. The summed E-state index contributed by atoms with van der Waals surface area (Å²) >= 11 is 0. The average Bonchev–Trinajstić information content (AvgIpc) is 2.61. The van der Waals surface area contributed by atoms with Gasteiger partial charge in [-0.05, 0) is 31.4 Å². The molecule has 2 aromatic heterocycles. The summed E-state index contributed by atoms with van der Waals surface area (Å²) in [5.74, 6) is 0.0730. The maximum absolute atomic E-state index is 12.6. The molecule has 0 spiro atoms. The first-order chi connectivity index (χ1) is 12.2. The molecule has 2 N–H and O–H groups in total. The smallest absolute Gasteiger partial charge is 0.382 e. The van der Waals surface area contributed by atoms with Crippen molar-refractivity contribution in [3.8, 4) is 0 Å². The van der Waals surface area contributed by atoms with Gasteiger partial charge in [-0.2, -0.15) is 18.2 Å². The van der Waals surface area contributed by atoms with Gasteiger partial charge in [-0.25, -0.2) is 18.4 Å². The second kappa shape index (κ2) is 6.71. The third-order valence-corrected chi connectivity index (χ3v) is 5.72. The van der Waals surface area contributed by atoms with E-state index in [-0.39, 0.29) is 10.7 Å². The van der Waals surface area contributed by atoms with Crippen LogP contribution in [0.1, 0.15) is 24.8 Å². The van der Waals surface area contributed by atoms with E-state index < -0.39 is 26.6 Å². The van der Waals surface area contributed by atoms with Crippen molar-refractivity contribution in [1.29, 1.82) is 0 Å². The summed E-state index contributed by atoms with van der Waals surface area (Å²) < 4.78 is 62.9. The number of piperidine rings is 1. The first-order valence-corrected chi connectivity index (χ1v) is 9.34. The average molecular weight is 387 g/mol. The Kier molecular flexibility index (Phi) is 4.74. The summed E-state index contributed by atoms with van der Waals surface area (Å²) in [6.45, 7) is 1.51. The third kappa shape index (κ3) is 3.57. The molecule has 11 heteroatoms. The quantitative estimate of drug-likeness (QED) is 0.862. The van der Waals surface area contributed by atoms with Gasteiger partial charge in [0.25, 0.3) is 0 Å². The molecule has 0 unspecified atom stereocenters. The van der Waals surface area contributed by atoms with Crippen molar-refractivity contribution in [2.45, 2.75) is 35.4 Å². The number of rotatable bonds is 3. The first kappa shape index (κ1) is 18.4. The van der Waals surface area contributed by atoms with Gasteiger partial charge >= 0.3 is 6.18 Å². The van der Waals surface area contributed by atoms with Crippen LogP contribution < -0.4 is 10.6 Å². The molecule has 2 aromatic rings. The second-order valence-corrected chi connectivity index (χ2v) is 7.72. The van der Waals surface area contributed by atoms with E-state index in [0.29, 0.717) is 18.2 Å². The number of hydrogen-bond acceptors (Lipinski definition) is 7. The van der Waals surface area contributed by atoms with Crippen LogP contribution in [0.3, 0.4) is 0 Å². The molecule has 7 nitrogen and oxygen atoms in total. The Morgan fingerprint density at radius 1 is 1.04 bits per heavy atom. The lowest BCUT2D eigenvalue weighted by Gasteiger charge is -2.26. The summed E-state index contributed by atoms with van der Waals surface area (Å²) in [5, 5.41) is -0.550. The van der Waals surface area contributed by atoms with Crippen LogP contribution in [0.25, 0.3) is 0 Å². The SMILES string of the molecule is Nc1nc(N2CCCCC2)ncc1S(=O)(=O)c1ccc(C(F)(F)F)cn1. The van der Waals surface area contributed by atoms with E-state index in [1.54, 1.807) is 0 Å². The standard InChI is InChI=1S/C15H16F3N5O2S/c16-15(17,18)10-4-5-12(20-8-10)26(24,25)11-9-21-14(22-13(11)19)23-6-2-1-3-7-23/h4-5,8-9H,1-3,6-7H2,(H2,19,21,22). The predicted octanol–water partition coefficient (Wildman–Crippen LogP) is 2.30. The van der Waals surface area contributed by atoms with Crippen molar-refractivity contribution in [2.75, 3.05) is 23.7 Å². The summed E-state index contributed by atoms with van der Waals surface area (Å²) in [4.78, 5) is 13.1. The van der Waals surface area contributed by atoms with Crippen LogP contribution in [0.2, 0.25) is 0 Å². The summed E-state index contributed by atoms with van der Waals surface area (Å²) in [5.41, 5.74) is 4.75. The minimum absolute atomic E-state index is 0.262. The molecule has 0 radical (unpaired) electrons. The number of sulfone groups is 1. The monoisotopic (exact) mass is 387 g/mol. The van der Waals surface area contributed by atoms with Gasteiger partial charge in [0.15, 0.2) is 5.03 Å². The summed E-state index contributed by atoms with van der Waals surface area (Å²) in [6.07, 6.45) is 0.0100. The van der Waals surface area contributed by atoms with E-state index in [0.717, 1.165) is 44.6 Å². The zero-order chi connectivity index (χ0) is 18.9. The number of halogens is 3. The van der Waals surface area contributed by atoms with E-state index in [1.165, 1.54) is 0 Å². The Hall–Kier alpha value is -2.43. The molecule has 1 aliphatic rings. The number of pyridine rings is 1. The van der Waals surface area contributed by atoms with Crippen molar-refractivity contribution >= 4 is 21.6 Å². The maximum atomic E-state index is 12.6. The number of nitrogens with two attached hydrogens (primary N) is 1. The molecule has 1 fully saturated rings. The van der Waals surface area contributed by atoms with Crippen LogP contribution in [-0.4, -0.2) is 36.5 Å². The molecule has 26 heavy (non-hydrogen) atoms. The largest absolute Gasteiger partial charge is 0.417 e. The van der Waals surface area contributed by atoms with Crippen molar-refractivity contribution in [1.82, 2.24) is 15.0 Å². The maximum Gasteiger partial charge on any atom is 0.417 e. The predicted molar refractivity (Wildman–Crippen MR) is 87.2 cm³/mol. The van der Waals surface area contributed by atoms with Gasteiger partial charge in [0.05, 0.1) is 11.8 Å². The molecule has 1 aliphatic heterocycles. The minimum atomic E-state index is -4.60. The molecule has 0 atom stereocenters. The van der Waals surface area contributed by atoms with Crippen LogP contribution in [0.15, 0.2) is 34.4 Å². The van der Waals surface area contributed by atoms with Crippen molar-refractivity contribution in [3.05, 3.63) is 30.1 Å². The highest BCUT2D eigenvalue weighted by molar-refractivity contribution is 7.91. The minimum Gasteiger partial charge on any atom is -0.382 e. The van der Waals surface area contributed by atoms with Crippen LogP contribution >= 0.6 is 0 Å². The van der Waals surface area contributed by atoms with Crippen LogP contribution in [-0.2, 0) is 16.0 Å². The number of aromatic nitrogens is 3. The number of alkyl halides is 3. The number of nitrogens with zero attached hydrogens (tertiary/aromatic N) is 4. The molecule has 0 aromatic carbocycles. The molecule has 3 heterocycles. The Labute approximate surface area is 148 Å². The van der Waals surface area contributed by atoms with Gasteiger partial charge in [0.1, 0.15) is 10.7 Å². The third-order valence-electron chi connectivity index (χ3n) is 4.04. The van der Waals surface area contributed by atoms with Crippen molar-refractivity contribution < 1.29 is 21.6 Å². The lowest BCUT2D eigenvalue weighted by Crippen LogP contribution is -2.31. The normalized spacial score (nSPS) is 15.9. The zero-order valence-electron chi connectivity index (χ0n) is 13.6. The van der Waals surface area contributed by atoms with E-state index in [9.17, 15) is 21.6 Å². The summed E-state index contributed by atoms with van der Waals surface area (Å²) in [6, 6.07) is 1.44. The fourth-order valence-electron chi connectivity index (χ4n) is 2.65. The zero-order valence-corrected chi connectivity index (χ0v) is 14.4. The lowest BCUT2D eigenvalue weighted by atomic mass is 10.1. The topological polar surface area (TPSA) is 102 Å². The van der Waals surface area contributed by atoms with E-state index >= 15 is 0 Å². The number of anilines is 2. The van der Waals surface area contributed by atoms with E-state index in [1.807, 2.05) is 4.90 Å². The van der Waals surface area contributed by atoms with E-state index in [4.69, 9.17) is 5.73 Å². The van der Waals surface area contributed by atoms with Crippen LogP contribution in [0, 0.1) is 0 Å². The first-order valence-electron chi connectivity index (χ1n) is 7.85. The molecule has 0 aliphatic carbocycles. The van der Waals surface area contributed by atoms with Gasteiger partial charge < -0.3 is 10.6 Å². The van der Waals surface area contributed by atoms with E-state index in [2.05, 4.69) is 15.0 Å². The van der Waals surface area contributed by atoms with Gasteiger partial charge in [-0.1, -0.05) is 0 Å². The van der Waals surface area contributed by atoms with Gasteiger partial charge in [-0.3, -0.25) is 0 Å². The molecular formula is C15H16F3N5O2S. The Balaban J connectivity index is 1.91. The lowest BCUT2D eigenvalue weighted by molar-refractivity contribution is -0.137.